The topological polar surface area (TPSA) is 189 Å². The van der Waals surface area contributed by atoms with Crippen molar-refractivity contribution < 1.29 is 49.2 Å². The molecule has 1 saturated carbocycles. The zero-order valence-corrected chi connectivity index (χ0v) is 47.4. The van der Waals surface area contributed by atoms with Gasteiger partial charge in [0.05, 0.1) is 10.6 Å². The third-order valence-corrected chi connectivity index (χ3v) is 20.2. The van der Waals surface area contributed by atoms with Crippen LogP contribution in [0.1, 0.15) is 109 Å². The first-order chi connectivity index (χ1) is 38.0. The van der Waals surface area contributed by atoms with E-state index in [0.29, 0.717) is 42.2 Å². The molecule has 3 saturated heterocycles. The number of amides is 4. The molecule has 4 aromatic rings. The van der Waals surface area contributed by atoms with Gasteiger partial charge in [-0.1, -0.05) is 55.3 Å². The minimum absolute atomic E-state index is 0.00831. The average molecular weight is 1160 g/mol. The summed E-state index contributed by atoms with van der Waals surface area (Å²) in [6.07, 6.45) is 6.78. The maximum atomic E-state index is 14.2. The molecule has 0 radical (unpaired) electrons. The Bertz CT molecular complexity index is 3280. The number of halogens is 4. The summed E-state index contributed by atoms with van der Waals surface area (Å²) in [5.74, 6) is -2.00. The van der Waals surface area contributed by atoms with E-state index in [1.165, 1.54) is 28.8 Å². The molecule has 1 unspecified atom stereocenters. The van der Waals surface area contributed by atoms with Gasteiger partial charge in [0, 0.05) is 113 Å². The van der Waals surface area contributed by atoms with Crippen LogP contribution >= 0.6 is 11.6 Å². The lowest BCUT2D eigenvalue weighted by Gasteiger charge is -2.42. The Kier molecular flexibility index (Phi) is 16.6. The van der Waals surface area contributed by atoms with Crippen LogP contribution in [0.3, 0.4) is 0 Å². The number of anilines is 2. The molecular weight excluding hydrogens is 1090 g/mol. The number of benzene rings is 4. The number of nitrogens with one attached hydrogen (secondary N) is 3. The van der Waals surface area contributed by atoms with E-state index in [1.54, 1.807) is 17.0 Å². The lowest BCUT2D eigenvalue weighted by molar-refractivity contribution is -0.136. The number of imide groups is 1. The summed E-state index contributed by atoms with van der Waals surface area (Å²) in [6.45, 7) is 13.1. The quantitative estimate of drug-likeness (QED) is 0.0971. The molecule has 2 aliphatic carbocycles. The van der Waals surface area contributed by atoms with Crippen molar-refractivity contribution in [1.29, 1.82) is 0 Å². The van der Waals surface area contributed by atoms with Gasteiger partial charge >= 0.3 is 5.51 Å². The van der Waals surface area contributed by atoms with Crippen LogP contribution in [0.15, 0.2) is 100 Å². The second-order valence-corrected chi connectivity index (χ2v) is 27.1. The first kappa shape index (κ1) is 57.4. The summed E-state index contributed by atoms with van der Waals surface area (Å²) in [5.41, 5.74) is 1.46. The number of fused-ring (bicyclic) bond motifs is 1. The molecule has 22 heteroatoms. The highest BCUT2D eigenvalue weighted by molar-refractivity contribution is 7.92. The molecule has 16 nitrogen and oxygen atoms in total. The minimum atomic E-state index is -6.04. The zero-order chi connectivity index (χ0) is 56.7. The fourth-order valence-electron chi connectivity index (χ4n) is 12.5. The van der Waals surface area contributed by atoms with E-state index in [4.69, 9.17) is 11.6 Å². The predicted octanol–water partition coefficient (Wildman–Crippen LogP) is 8.09. The molecule has 4 heterocycles. The number of nitrogens with zero attached hydrogens (tertiary/aromatic N) is 5. The molecule has 10 rings (SSSR count). The van der Waals surface area contributed by atoms with E-state index in [0.717, 1.165) is 133 Å². The third-order valence-electron chi connectivity index (χ3n) is 17.0. The number of hydrogen-bond donors (Lipinski definition) is 3. The summed E-state index contributed by atoms with van der Waals surface area (Å²) < 4.78 is 97.6. The third kappa shape index (κ3) is 12.8. The van der Waals surface area contributed by atoms with Crippen LogP contribution in [0.4, 0.5) is 24.5 Å². The first-order valence-corrected chi connectivity index (χ1v) is 30.9. The number of carbonyl (C=O) groups is 4. The number of rotatable bonds is 15. The number of piperazine rings is 2. The van der Waals surface area contributed by atoms with Crippen molar-refractivity contribution in [3.63, 3.8) is 0 Å². The SMILES string of the molecule is CC1(C)CCC(c2ccc(Cl)cc2)=C(CN2CCN(c3ccc(C(=O)NS(=O)(=O)c4ccc(NC[C@H]5CC[C@H](N6CCN(Cc7ccc8c(c7)CN(C7CCC(=O)NC7=O)C8=O)CC6)CC5)c(S(=O)(=O)C(F)(F)F)c4)cc3)CC2)C1. The van der Waals surface area contributed by atoms with Crippen LogP contribution in [0, 0.1) is 11.3 Å². The average Bonchev–Trinajstić information content (AvgIpc) is 3.78. The summed E-state index contributed by atoms with van der Waals surface area (Å²) in [5, 5.41) is 5.93. The molecular formula is C58H68ClF3N8O8S2. The van der Waals surface area contributed by atoms with Crippen molar-refractivity contribution in [3.8, 4) is 0 Å². The summed E-state index contributed by atoms with van der Waals surface area (Å²) >= 11 is 6.20. The van der Waals surface area contributed by atoms with Gasteiger partial charge in [-0.2, -0.15) is 13.2 Å². The van der Waals surface area contributed by atoms with Crippen molar-refractivity contribution >= 4 is 72.0 Å². The fraction of sp³-hybridized carbons (Fsp3) is 0.483. The normalized spacial score (nSPS) is 22.8. The maximum Gasteiger partial charge on any atom is 0.501 e. The van der Waals surface area contributed by atoms with E-state index < -0.39 is 53.0 Å². The van der Waals surface area contributed by atoms with E-state index in [2.05, 4.69) is 56.2 Å². The Morgan fingerprint density at radius 2 is 1.45 bits per heavy atom. The van der Waals surface area contributed by atoms with Gasteiger partial charge in [0.25, 0.3) is 31.7 Å². The largest absolute Gasteiger partial charge is 0.501 e. The van der Waals surface area contributed by atoms with Crippen LogP contribution in [0.2, 0.25) is 5.02 Å². The molecule has 0 spiro atoms. The van der Waals surface area contributed by atoms with E-state index in [9.17, 15) is 49.2 Å². The van der Waals surface area contributed by atoms with E-state index in [1.807, 2.05) is 35.1 Å². The summed E-state index contributed by atoms with van der Waals surface area (Å²) in [4.78, 5) is 59.6. The van der Waals surface area contributed by atoms with Crippen molar-refractivity contribution in [2.24, 2.45) is 11.3 Å². The maximum absolute atomic E-state index is 14.2. The van der Waals surface area contributed by atoms with Gasteiger partial charge in [-0.25, -0.2) is 21.6 Å². The van der Waals surface area contributed by atoms with Crippen LogP contribution in [0.25, 0.3) is 5.57 Å². The predicted molar refractivity (Wildman–Crippen MR) is 299 cm³/mol. The number of sulfonamides is 1. The van der Waals surface area contributed by atoms with Crippen molar-refractivity contribution in [2.75, 3.05) is 75.7 Å². The standard InChI is InChI=1S/C58H68ClF3N8O8S2/c1-57(2)22-21-48(40-6-10-44(59)11-7-40)43(33-57)36-67-25-29-69(30-26-67)46-14-8-41(9-15-46)54(72)65-80(77,78)47-16-18-50(52(32-47)79(75,76)58(60,61)62)63-34-38-3-12-45(13-4-38)68-27-23-66(24-28-68)35-39-5-17-49-42(31-39)37-70(56(49)74)51-19-20-53(71)64-55(51)73/h5-11,14-18,31-32,38,45,51,63H,3-4,12-13,19-30,33-37H2,1-2H3,(H,65,72)(H,64,71,73)/t38-,45-,51?. The first-order valence-electron chi connectivity index (χ1n) is 27.5. The number of alkyl halides is 3. The van der Waals surface area contributed by atoms with E-state index in [-0.39, 0.29) is 47.4 Å². The van der Waals surface area contributed by atoms with Gasteiger partial charge in [0.1, 0.15) is 10.9 Å². The van der Waals surface area contributed by atoms with Gasteiger partial charge in [-0.15, -0.1) is 0 Å². The monoisotopic (exact) mass is 1160 g/mol. The van der Waals surface area contributed by atoms with E-state index >= 15 is 0 Å². The zero-order valence-electron chi connectivity index (χ0n) is 45.0. The molecule has 4 fully saturated rings. The molecule has 3 N–H and O–H groups in total. The van der Waals surface area contributed by atoms with Crippen LogP contribution in [0.5, 0.6) is 0 Å². The molecule has 4 amide bonds. The van der Waals surface area contributed by atoms with Crippen molar-refractivity contribution in [2.45, 2.75) is 112 Å². The highest BCUT2D eigenvalue weighted by Crippen LogP contribution is 2.43. The Hall–Kier alpha value is -5.84. The Balaban J connectivity index is 0.697. The molecule has 0 aromatic heterocycles. The Morgan fingerprint density at radius 1 is 0.775 bits per heavy atom. The van der Waals surface area contributed by atoms with Gasteiger partial charge < -0.3 is 15.1 Å². The Morgan fingerprint density at radius 3 is 2.12 bits per heavy atom. The van der Waals surface area contributed by atoms with Gasteiger partial charge in [-0.05, 0) is 146 Å². The van der Waals surface area contributed by atoms with Crippen LogP contribution in [-0.4, -0.2) is 143 Å². The molecule has 0 bridgehead atoms. The number of hydrogen-bond acceptors (Lipinski definition) is 13. The molecule has 80 heavy (non-hydrogen) atoms. The highest BCUT2D eigenvalue weighted by atomic mass is 35.5. The molecule has 4 aromatic carbocycles. The lowest BCUT2D eigenvalue weighted by Crippen LogP contribution is -2.52. The van der Waals surface area contributed by atoms with Gasteiger partial charge in [-0.3, -0.25) is 39.2 Å². The second-order valence-electron chi connectivity index (χ2n) is 23.0. The Labute approximate surface area is 471 Å². The van der Waals surface area contributed by atoms with Crippen LogP contribution in [-0.2, 0) is 42.5 Å². The fourth-order valence-corrected chi connectivity index (χ4v) is 14.6. The van der Waals surface area contributed by atoms with Gasteiger partial charge in [0.15, 0.2) is 0 Å². The lowest BCUT2D eigenvalue weighted by atomic mass is 9.73. The highest BCUT2D eigenvalue weighted by Gasteiger charge is 2.49. The second kappa shape index (κ2) is 23.2. The molecule has 1 atom stereocenters. The van der Waals surface area contributed by atoms with Crippen molar-refractivity contribution in [1.82, 2.24) is 29.6 Å². The minimum Gasteiger partial charge on any atom is -0.384 e. The number of sulfone groups is 1. The number of carbonyl (C=O) groups excluding carboxylic acids is 4. The van der Waals surface area contributed by atoms with Crippen molar-refractivity contribution in [3.05, 3.63) is 123 Å². The summed E-state index contributed by atoms with van der Waals surface area (Å²) in [7, 11) is -10.9. The van der Waals surface area contributed by atoms with Gasteiger partial charge in [0.2, 0.25) is 11.8 Å². The number of allylic oxidation sites excluding steroid dienone is 1. The smallest absolute Gasteiger partial charge is 0.384 e. The summed E-state index contributed by atoms with van der Waals surface area (Å²) in [6, 6.07) is 22.3. The molecule has 6 aliphatic rings. The number of piperidine rings is 1. The van der Waals surface area contributed by atoms with Crippen LogP contribution < -0.4 is 20.3 Å². The molecule has 428 valence electrons. The molecule has 4 aliphatic heterocycles.